The lowest BCUT2D eigenvalue weighted by molar-refractivity contribution is 0.248. The van der Waals surface area contributed by atoms with Gasteiger partial charge in [-0.05, 0) is 37.4 Å². The zero-order chi connectivity index (χ0) is 14.1. The van der Waals surface area contributed by atoms with E-state index in [4.69, 9.17) is 0 Å². The number of fused-ring (bicyclic) bond motifs is 1. The summed E-state index contributed by atoms with van der Waals surface area (Å²) in [6.45, 7) is 0.932. The third-order valence-electron chi connectivity index (χ3n) is 3.34. The van der Waals surface area contributed by atoms with E-state index in [9.17, 15) is 5.21 Å². The Balaban J connectivity index is 1.81. The van der Waals surface area contributed by atoms with Crippen LogP contribution in [-0.2, 0) is 6.54 Å². The molecule has 2 aromatic carbocycles. The van der Waals surface area contributed by atoms with Crippen molar-refractivity contribution >= 4 is 17.4 Å². The van der Waals surface area contributed by atoms with Gasteiger partial charge >= 0.3 is 0 Å². The third-order valence-corrected chi connectivity index (χ3v) is 4.63. The van der Waals surface area contributed by atoms with Crippen molar-refractivity contribution in [1.82, 2.24) is 4.90 Å². The first kappa shape index (κ1) is 13.5. The van der Waals surface area contributed by atoms with E-state index in [1.807, 2.05) is 24.3 Å². The van der Waals surface area contributed by atoms with Crippen LogP contribution in [0.25, 0.3) is 0 Å². The van der Waals surface area contributed by atoms with Crippen LogP contribution in [0.1, 0.15) is 16.5 Å². The third kappa shape index (κ3) is 2.54. The van der Waals surface area contributed by atoms with Crippen LogP contribution in [0.15, 0.2) is 53.4 Å². The van der Waals surface area contributed by atoms with Crippen molar-refractivity contribution in [2.75, 3.05) is 19.2 Å². The fraction of sp³-hybridized carbons (Fsp3) is 0.250. The Hall–Kier alpha value is -1.49. The van der Waals surface area contributed by atoms with Crippen LogP contribution >= 0.6 is 11.8 Å². The summed E-state index contributed by atoms with van der Waals surface area (Å²) < 4.78 is 0. The van der Waals surface area contributed by atoms with Crippen molar-refractivity contribution < 1.29 is 5.21 Å². The van der Waals surface area contributed by atoms with Gasteiger partial charge in [-0.15, -0.1) is 0 Å². The summed E-state index contributed by atoms with van der Waals surface area (Å²) >= 11 is 1.68. The molecule has 0 aliphatic carbocycles. The highest BCUT2D eigenvalue weighted by Gasteiger charge is 2.30. The minimum Gasteiger partial charge on any atom is -0.305 e. The average Bonchev–Trinajstić information content (AvgIpc) is 2.77. The van der Waals surface area contributed by atoms with Crippen molar-refractivity contribution in [3.8, 4) is 0 Å². The van der Waals surface area contributed by atoms with Crippen LogP contribution in [0, 0.1) is 0 Å². The number of hydrogen-bond donors (Lipinski definition) is 1. The summed E-state index contributed by atoms with van der Waals surface area (Å²) in [6.07, 6.45) is 0. The number of benzene rings is 2. The molecule has 1 unspecified atom stereocenters. The van der Waals surface area contributed by atoms with Gasteiger partial charge in [0.1, 0.15) is 5.37 Å². The number of thioether (sulfide) groups is 1. The molecule has 0 saturated heterocycles. The number of nitrogens with zero attached hydrogens (tertiary/aromatic N) is 2. The van der Waals surface area contributed by atoms with Gasteiger partial charge < -0.3 is 4.90 Å². The molecular formula is C16H18N2OS. The van der Waals surface area contributed by atoms with Crippen molar-refractivity contribution in [2.45, 2.75) is 16.8 Å². The quantitative estimate of drug-likeness (QED) is 0.929. The molecule has 0 fully saturated rings. The molecule has 0 amide bonds. The lowest BCUT2D eigenvalue weighted by Gasteiger charge is -2.20. The predicted octanol–water partition coefficient (Wildman–Crippen LogP) is 3.75. The number of para-hydroxylation sites is 1. The van der Waals surface area contributed by atoms with Crippen LogP contribution in [0.3, 0.4) is 0 Å². The maximum atomic E-state index is 10.3. The van der Waals surface area contributed by atoms with Crippen LogP contribution in [-0.4, -0.2) is 24.2 Å². The van der Waals surface area contributed by atoms with Crippen molar-refractivity contribution in [2.24, 2.45) is 0 Å². The molecule has 1 aliphatic rings. The van der Waals surface area contributed by atoms with Crippen LogP contribution < -0.4 is 5.06 Å². The molecule has 3 rings (SSSR count). The van der Waals surface area contributed by atoms with E-state index < -0.39 is 0 Å². The van der Waals surface area contributed by atoms with Gasteiger partial charge in [0.2, 0.25) is 0 Å². The Labute approximate surface area is 123 Å². The van der Waals surface area contributed by atoms with Gasteiger partial charge in [-0.2, -0.15) is 0 Å². The summed E-state index contributed by atoms with van der Waals surface area (Å²) in [4.78, 5) is 3.27. The maximum Gasteiger partial charge on any atom is 0.131 e. The summed E-state index contributed by atoms with van der Waals surface area (Å²) in [5, 5.41) is 11.6. The second-order valence-electron chi connectivity index (χ2n) is 5.26. The fourth-order valence-corrected chi connectivity index (χ4v) is 3.59. The molecule has 4 heteroatoms. The molecule has 2 aromatic rings. The molecule has 1 N–H and O–H groups in total. The van der Waals surface area contributed by atoms with E-state index in [0.717, 1.165) is 22.7 Å². The number of rotatable bonds is 3. The van der Waals surface area contributed by atoms with Gasteiger partial charge in [0.15, 0.2) is 0 Å². The van der Waals surface area contributed by atoms with E-state index in [2.05, 4.69) is 43.3 Å². The Bertz CT molecular complexity index is 598. The lowest BCUT2D eigenvalue weighted by Crippen LogP contribution is -2.18. The molecule has 1 aliphatic heterocycles. The Morgan fingerprint density at radius 1 is 1.10 bits per heavy atom. The molecule has 1 atom stereocenters. The van der Waals surface area contributed by atoms with E-state index >= 15 is 0 Å². The minimum absolute atomic E-state index is 0.0548. The summed E-state index contributed by atoms with van der Waals surface area (Å²) in [6, 6.07) is 16.4. The predicted molar refractivity (Wildman–Crippen MR) is 83.1 cm³/mol. The fourth-order valence-electron chi connectivity index (χ4n) is 2.40. The summed E-state index contributed by atoms with van der Waals surface area (Å²) in [5.74, 6) is 0. The van der Waals surface area contributed by atoms with E-state index in [1.54, 1.807) is 11.8 Å². The lowest BCUT2D eigenvalue weighted by atomic mass is 10.1. The summed E-state index contributed by atoms with van der Waals surface area (Å²) in [5.41, 5.74) is 3.29. The largest absolute Gasteiger partial charge is 0.305 e. The number of anilines is 1. The van der Waals surface area contributed by atoms with Gasteiger partial charge in [0.05, 0.1) is 5.69 Å². The van der Waals surface area contributed by atoms with Crippen LogP contribution in [0.2, 0.25) is 0 Å². The molecule has 0 saturated carbocycles. The maximum absolute atomic E-state index is 10.3. The highest BCUT2D eigenvalue weighted by atomic mass is 32.2. The average molecular weight is 286 g/mol. The van der Waals surface area contributed by atoms with Gasteiger partial charge in [-0.3, -0.25) is 5.21 Å². The highest BCUT2D eigenvalue weighted by Crippen LogP contribution is 2.49. The minimum atomic E-state index is -0.0548. The molecule has 20 heavy (non-hydrogen) atoms. The highest BCUT2D eigenvalue weighted by molar-refractivity contribution is 8.00. The normalized spacial score (nSPS) is 17.6. The molecule has 0 radical (unpaired) electrons. The van der Waals surface area contributed by atoms with Crippen molar-refractivity contribution in [3.05, 3.63) is 59.7 Å². The second kappa shape index (κ2) is 5.48. The molecule has 0 spiro atoms. The first-order valence-corrected chi connectivity index (χ1v) is 7.50. The monoisotopic (exact) mass is 286 g/mol. The summed E-state index contributed by atoms with van der Waals surface area (Å²) in [7, 11) is 4.12. The zero-order valence-corrected chi connectivity index (χ0v) is 12.5. The second-order valence-corrected chi connectivity index (χ2v) is 6.38. The molecule has 0 aromatic heterocycles. The molecular weight excluding hydrogens is 268 g/mol. The standard InChI is InChI=1S/C16H18N2OS/c1-17(2)11-12-7-9-13(10-8-12)16-18(19)14-5-3-4-6-15(14)20-16/h3-10,16,19H,11H2,1-2H3. The van der Waals surface area contributed by atoms with Gasteiger partial charge in [0.25, 0.3) is 0 Å². The Kier molecular flexibility index (Phi) is 3.70. The van der Waals surface area contributed by atoms with Crippen molar-refractivity contribution in [3.63, 3.8) is 0 Å². The van der Waals surface area contributed by atoms with Gasteiger partial charge in [-0.1, -0.05) is 48.2 Å². The Morgan fingerprint density at radius 3 is 2.45 bits per heavy atom. The van der Waals surface area contributed by atoms with E-state index in [-0.39, 0.29) is 5.37 Å². The molecule has 1 heterocycles. The SMILES string of the molecule is CN(C)Cc1ccc(C2Sc3ccccc3N2O)cc1. The molecule has 104 valence electrons. The topological polar surface area (TPSA) is 26.7 Å². The first-order valence-electron chi connectivity index (χ1n) is 6.62. The van der Waals surface area contributed by atoms with Crippen LogP contribution in [0.5, 0.6) is 0 Å². The molecule has 0 bridgehead atoms. The van der Waals surface area contributed by atoms with Crippen molar-refractivity contribution in [1.29, 1.82) is 0 Å². The molecule has 3 nitrogen and oxygen atoms in total. The zero-order valence-electron chi connectivity index (χ0n) is 11.7. The Morgan fingerprint density at radius 2 is 1.80 bits per heavy atom. The first-order chi connectivity index (χ1) is 9.65. The number of hydrogen-bond acceptors (Lipinski definition) is 4. The van der Waals surface area contributed by atoms with Gasteiger partial charge in [0, 0.05) is 11.4 Å². The van der Waals surface area contributed by atoms with Gasteiger partial charge in [-0.25, -0.2) is 5.06 Å². The smallest absolute Gasteiger partial charge is 0.131 e. The van der Waals surface area contributed by atoms with E-state index in [1.165, 1.54) is 10.6 Å². The van der Waals surface area contributed by atoms with Crippen LogP contribution in [0.4, 0.5) is 5.69 Å². The van der Waals surface area contributed by atoms with E-state index in [0.29, 0.717) is 0 Å². The number of hydroxylamine groups is 1.